The van der Waals surface area contributed by atoms with E-state index in [0.717, 1.165) is 5.56 Å². The van der Waals surface area contributed by atoms with E-state index in [4.69, 9.17) is 5.11 Å². The molecule has 6 nitrogen and oxygen atoms in total. The van der Waals surface area contributed by atoms with E-state index in [-0.39, 0.29) is 17.7 Å². The second-order valence-corrected chi connectivity index (χ2v) is 8.72. The topological polar surface area (TPSA) is 101 Å². The van der Waals surface area contributed by atoms with Crippen LogP contribution in [0.2, 0.25) is 0 Å². The highest BCUT2D eigenvalue weighted by Gasteiger charge is 2.53. The summed E-state index contributed by atoms with van der Waals surface area (Å²) in [6.07, 6.45) is 1.25. The second-order valence-electron chi connectivity index (χ2n) is 6.49. The fourth-order valence-corrected chi connectivity index (χ4v) is 5.61. The molecule has 1 aliphatic rings. The van der Waals surface area contributed by atoms with Gasteiger partial charge in [-0.05, 0) is 43.9 Å². The number of hydrogen-bond acceptors (Lipinski definition) is 4. The number of sulfone groups is 1. The number of aryl methyl sites for hydroxylation is 2. The molecule has 1 aliphatic carbocycles. The highest BCUT2D eigenvalue weighted by molar-refractivity contribution is 7.93. The predicted molar refractivity (Wildman–Crippen MR) is 89.8 cm³/mol. The van der Waals surface area contributed by atoms with Crippen molar-refractivity contribution >= 4 is 21.7 Å². The van der Waals surface area contributed by atoms with Crippen LogP contribution in [0.15, 0.2) is 23.1 Å². The highest BCUT2D eigenvalue weighted by atomic mass is 32.2. The van der Waals surface area contributed by atoms with Gasteiger partial charge in [-0.25, -0.2) is 17.6 Å². The zero-order valence-corrected chi connectivity index (χ0v) is 15.0. The molecule has 1 atom stereocenters. The Labute approximate surface area is 146 Å². The van der Waals surface area contributed by atoms with E-state index in [2.05, 4.69) is 5.32 Å². The van der Waals surface area contributed by atoms with Crippen molar-refractivity contribution in [3.63, 3.8) is 0 Å². The van der Waals surface area contributed by atoms with Crippen LogP contribution >= 0.6 is 0 Å². The number of nitrogens with one attached hydrogen (secondary N) is 1. The van der Waals surface area contributed by atoms with Crippen molar-refractivity contribution in [1.29, 1.82) is 0 Å². The molecule has 2 rings (SSSR count). The van der Waals surface area contributed by atoms with Crippen molar-refractivity contribution in [3.8, 4) is 0 Å². The van der Waals surface area contributed by atoms with E-state index < -0.39 is 39.2 Å². The first kappa shape index (κ1) is 19.4. The molecule has 0 bridgehead atoms. The number of benzene rings is 1. The van der Waals surface area contributed by atoms with Crippen LogP contribution in [0.5, 0.6) is 0 Å². The van der Waals surface area contributed by atoms with Gasteiger partial charge in [-0.2, -0.15) is 0 Å². The molecule has 0 radical (unpaired) electrons. The quantitative estimate of drug-likeness (QED) is 0.796. The molecule has 2 N–H and O–H groups in total. The predicted octanol–water partition coefficient (Wildman–Crippen LogP) is 1.93. The van der Waals surface area contributed by atoms with E-state index in [1.165, 1.54) is 6.07 Å². The van der Waals surface area contributed by atoms with E-state index in [0.29, 0.717) is 18.4 Å². The summed E-state index contributed by atoms with van der Waals surface area (Å²) >= 11 is 0. The lowest BCUT2D eigenvalue weighted by Crippen LogP contribution is -2.55. The van der Waals surface area contributed by atoms with Crippen LogP contribution in [0.3, 0.4) is 0 Å². The zero-order valence-electron chi connectivity index (χ0n) is 14.2. The standard InChI is InChI=1S/C17H22FNO5S/c1-11-5-6-12(2)14(9-11)25(23,24)17(7-3-4-8-17)16(22)19-13(10-18)15(20)21/h5-6,9,13H,3-4,7-8,10H2,1-2H3,(H,19,22)(H,20,21). The number of carbonyl (C=O) groups excluding carboxylic acids is 1. The first-order valence-electron chi connectivity index (χ1n) is 8.07. The lowest BCUT2D eigenvalue weighted by Gasteiger charge is -2.29. The van der Waals surface area contributed by atoms with E-state index in [1.54, 1.807) is 26.0 Å². The van der Waals surface area contributed by atoms with Crippen LogP contribution in [0, 0.1) is 13.8 Å². The Morgan fingerprint density at radius 3 is 2.40 bits per heavy atom. The number of carbonyl (C=O) groups is 2. The molecule has 1 amide bonds. The highest BCUT2D eigenvalue weighted by Crippen LogP contribution is 2.41. The third-order valence-electron chi connectivity index (χ3n) is 4.73. The number of carboxylic acids is 1. The Balaban J connectivity index is 2.50. The summed E-state index contributed by atoms with van der Waals surface area (Å²) in [5.74, 6) is -2.47. The van der Waals surface area contributed by atoms with Crippen LogP contribution < -0.4 is 5.32 Å². The van der Waals surface area contributed by atoms with Gasteiger partial charge in [-0.15, -0.1) is 0 Å². The molecule has 1 aromatic carbocycles. The van der Waals surface area contributed by atoms with E-state index in [9.17, 15) is 22.4 Å². The maximum absolute atomic E-state index is 13.3. The fraction of sp³-hybridized carbons (Fsp3) is 0.529. The summed E-state index contributed by atoms with van der Waals surface area (Å²) in [5.41, 5.74) is 1.26. The largest absolute Gasteiger partial charge is 0.480 e. The SMILES string of the molecule is Cc1ccc(C)c(S(=O)(=O)C2(C(=O)NC(CF)C(=O)O)CCCC2)c1. The van der Waals surface area contributed by atoms with Gasteiger partial charge in [0, 0.05) is 0 Å². The van der Waals surface area contributed by atoms with Crippen molar-refractivity contribution in [3.05, 3.63) is 29.3 Å². The van der Waals surface area contributed by atoms with Gasteiger partial charge in [0.2, 0.25) is 5.91 Å². The molecular weight excluding hydrogens is 349 g/mol. The number of alkyl halides is 1. The average molecular weight is 371 g/mol. The Morgan fingerprint density at radius 1 is 1.28 bits per heavy atom. The third-order valence-corrected chi connectivity index (χ3v) is 7.37. The first-order chi connectivity index (χ1) is 11.7. The van der Waals surface area contributed by atoms with Gasteiger partial charge in [-0.1, -0.05) is 25.0 Å². The fourth-order valence-electron chi connectivity index (χ4n) is 3.23. The molecule has 0 saturated heterocycles. The summed E-state index contributed by atoms with van der Waals surface area (Å²) in [6, 6.07) is 3.21. The number of hydrogen-bond donors (Lipinski definition) is 2. The Kier molecular flexibility index (Phi) is 5.51. The van der Waals surface area contributed by atoms with Crippen molar-refractivity contribution in [2.75, 3.05) is 6.67 Å². The van der Waals surface area contributed by atoms with Gasteiger partial charge in [0.1, 0.15) is 6.67 Å². The molecule has 1 saturated carbocycles. The van der Waals surface area contributed by atoms with Crippen LogP contribution in [0.1, 0.15) is 36.8 Å². The van der Waals surface area contributed by atoms with Crippen molar-refractivity contribution in [2.24, 2.45) is 0 Å². The molecule has 0 spiro atoms. The molecule has 25 heavy (non-hydrogen) atoms. The van der Waals surface area contributed by atoms with Crippen molar-refractivity contribution < 1.29 is 27.5 Å². The van der Waals surface area contributed by atoms with Gasteiger partial charge in [0.25, 0.3) is 0 Å². The summed E-state index contributed by atoms with van der Waals surface area (Å²) in [7, 11) is -4.06. The number of aliphatic carboxylic acids is 1. The molecule has 0 aromatic heterocycles. The smallest absolute Gasteiger partial charge is 0.328 e. The minimum absolute atomic E-state index is 0.0664. The average Bonchev–Trinajstić information content (AvgIpc) is 3.05. The van der Waals surface area contributed by atoms with Gasteiger partial charge in [-0.3, -0.25) is 4.79 Å². The maximum atomic E-state index is 13.3. The summed E-state index contributed by atoms with van der Waals surface area (Å²) in [4.78, 5) is 23.8. The van der Waals surface area contributed by atoms with Crippen LogP contribution in [0.4, 0.5) is 4.39 Å². The molecule has 0 aliphatic heterocycles. The Hall–Kier alpha value is -1.96. The van der Waals surface area contributed by atoms with Crippen molar-refractivity contribution in [1.82, 2.24) is 5.32 Å². The number of amides is 1. The van der Waals surface area contributed by atoms with Crippen LogP contribution in [0.25, 0.3) is 0 Å². The lowest BCUT2D eigenvalue weighted by molar-refractivity contribution is -0.142. The minimum Gasteiger partial charge on any atom is -0.480 e. The summed E-state index contributed by atoms with van der Waals surface area (Å²) in [5, 5.41) is 11.0. The molecule has 1 aromatic rings. The van der Waals surface area contributed by atoms with E-state index >= 15 is 0 Å². The zero-order chi connectivity index (χ0) is 18.8. The Morgan fingerprint density at radius 2 is 1.88 bits per heavy atom. The normalized spacial score (nSPS) is 17.9. The third kappa shape index (κ3) is 3.40. The van der Waals surface area contributed by atoms with Crippen LogP contribution in [-0.4, -0.2) is 42.9 Å². The summed E-state index contributed by atoms with van der Waals surface area (Å²) in [6.45, 7) is 2.10. The lowest BCUT2D eigenvalue weighted by atomic mass is 10.1. The van der Waals surface area contributed by atoms with Crippen LogP contribution in [-0.2, 0) is 19.4 Å². The van der Waals surface area contributed by atoms with E-state index in [1.807, 2.05) is 0 Å². The molecule has 1 fully saturated rings. The van der Waals surface area contributed by atoms with Gasteiger partial charge in [0.05, 0.1) is 4.90 Å². The molecule has 138 valence electrons. The summed E-state index contributed by atoms with van der Waals surface area (Å²) < 4.78 is 37.7. The molecule has 0 heterocycles. The molecular formula is C17H22FNO5S. The maximum Gasteiger partial charge on any atom is 0.328 e. The molecule has 8 heteroatoms. The monoisotopic (exact) mass is 371 g/mol. The second kappa shape index (κ2) is 7.11. The van der Waals surface area contributed by atoms with Gasteiger partial charge in [0.15, 0.2) is 20.6 Å². The first-order valence-corrected chi connectivity index (χ1v) is 9.55. The van der Waals surface area contributed by atoms with Gasteiger partial charge >= 0.3 is 5.97 Å². The van der Waals surface area contributed by atoms with Gasteiger partial charge < -0.3 is 10.4 Å². The Bertz CT molecular complexity index is 784. The molecule has 1 unspecified atom stereocenters. The number of carboxylic acid groups (broad SMARTS) is 1. The number of rotatable bonds is 6. The number of halogens is 1. The van der Waals surface area contributed by atoms with Crippen molar-refractivity contribution in [2.45, 2.75) is 55.2 Å². The minimum atomic E-state index is -4.06.